The fourth-order valence-corrected chi connectivity index (χ4v) is 1.61. The Hall–Kier alpha value is -2.37. The zero-order valence-corrected chi connectivity index (χ0v) is 8.84. The lowest BCUT2D eigenvalue weighted by Gasteiger charge is -2.17. The molecule has 1 heterocycles. The third-order valence-corrected chi connectivity index (χ3v) is 2.44. The summed E-state index contributed by atoms with van der Waals surface area (Å²) in [5, 5.41) is 10.2. The van der Waals surface area contributed by atoms with E-state index in [2.05, 4.69) is 5.43 Å². The van der Waals surface area contributed by atoms with Gasteiger partial charge in [-0.15, -0.1) is 0 Å². The molecule has 2 N–H and O–H groups in total. The van der Waals surface area contributed by atoms with Crippen molar-refractivity contribution in [2.24, 2.45) is 0 Å². The number of anilines is 1. The van der Waals surface area contributed by atoms with Crippen LogP contribution in [0, 0.1) is 0 Å². The summed E-state index contributed by atoms with van der Waals surface area (Å²) in [6.07, 6.45) is 0.386. The van der Waals surface area contributed by atoms with Crippen molar-refractivity contribution in [3.8, 4) is 0 Å². The molecule has 88 valence electrons. The van der Waals surface area contributed by atoms with E-state index in [4.69, 9.17) is 5.11 Å². The number of aliphatic carboxylic acids is 1. The molecule has 0 unspecified atom stereocenters. The minimum atomic E-state index is -1.49. The van der Waals surface area contributed by atoms with Gasteiger partial charge in [0, 0.05) is 18.5 Å². The van der Waals surface area contributed by atoms with Crippen LogP contribution in [0.3, 0.4) is 0 Å². The smallest absolute Gasteiger partial charge is 0.377 e. The molecule has 1 aromatic carbocycles. The van der Waals surface area contributed by atoms with E-state index in [-0.39, 0.29) is 11.5 Å². The van der Waals surface area contributed by atoms with Gasteiger partial charge in [0.2, 0.25) is 5.91 Å². The molecule has 1 fully saturated rings. The molecule has 1 aromatic rings. The Kier molecular flexibility index (Phi) is 2.78. The summed E-state index contributed by atoms with van der Waals surface area (Å²) in [6.45, 7) is 0.504. The minimum absolute atomic E-state index is 0.0937. The molecule has 17 heavy (non-hydrogen) atoms. The molecule has 0 spiro atoms. The normalized spacial score (nSPS) is 14.6. The standard InChI is InChI=1S/C11H10N2O4/c14-9-4-5-13(12-9)8-3-1-2-7(6-8)10(15)11(16)17/h1-3,6H,4-5H2,(H,12,14)(H,16,17). The highest BCUT2D eigenvalue weighted by molar-refractivity contribution is 6.39. The number of nitrogens with one attached hydrogen (secondary N) is 1. The maximum absolute atomic E-state index is 11.3. The number of hydrogen-bond donors (Lipinski definition) is 2. The van der Waals surface area contributed by atoms with Crippen molar-refractivity contribution >= 4 is 23.3 Å². The molecule has 0 radical (unpaired) electrons. The van der Waals surface area contributed by atoms with Gasteiger partial charge in [-0.25, -0.2) is 4.79 Å². The quantitative estimate of drug-likeness (QED) is 0.576. The second kappa shape index (κ2) is 4.25. The summed E-state index contributed by atoms with van der Waals surface area (Å²) in [5.41, 5.74) is 3.29. The highest BCUT2D eigenvalue weighted by Gasteiger charge is 2.20. The first-order valence-electron chi connectivity index (χ1n) is 5.02. The highest BCUT2D eigenvalue weighted by atomic mass is 16.4. The Morgan fingerprint density at radius 3 is 2.71 bits per heavy atom. The molecule has 1 amide bonds. The number of amides is 1. The Bertz CT molecular complexity index is 498. The first kappa shape index (κ1) is 11.1. The van der Waals surface area contributed by atoms with Crippen LogP contribution < -0.4 is 10.4 Å². The van der Waals surface area contributed by atoms with Gasteiger partial charge in [0.25, 0.3) is 5.78 Å². The molecular formula is C11H10N2O4. The second-order valence-corrected chi connectivity index (χ2v) is 3.62. The number of carbonyl (C=O) groups is 3. The third kappa shape index (κ3) is 2.25. The number of nitrogens with zero attached hydrogens (tertiary/aromatic N) is 1. The lowest BCUT2D eigenvalue weighted by molar-refractivity contribution is -0.131. The van der Waals surface area contributed by atoms with Crippen molar-refractivity contribution in [2.45, 2.75) is 6.42 Å². The van der Waals surface area contributed by atoms with Crippen LogP contribution in [0.2, 0.25) is 0 Å². The zero-order valence-electron chi connectivity index (χ0n) is 8.84. The molecule has 1 aliphatic heterocycles. The number of rotatable bonds is 3. The van der Waals surface area contributed by atoms with E-state index in [1.807, 2.05) is 0 Å². The van der Waals surface area contributed by atoms with Crippen LogP contribution in [0.5, 0.6) is 0 Å². The summed E-state index contributed by atoms with van der Waals surface area (Å²) in [6, 6.07) is 6.15. The summed E-state index contributed by atoms with van der Waals surface area (Å²) < 4.78 is 0. The topological polar surface area (TPSA) is 86.7 Å². The third-order valence-electron chi connectivity index (χ3n) is 2.44. The average Bonchev–Trinajstić information content (AvgIpc) is 2.75. The molecule has 1 aliphatic rings. The van der Waals surface area contributed by atoms with Gasteiger partial charge in [0.1, 0.15) is 0 Å². The van der Waals surface area contributed by atoms with Gasteiger partial charge in [0.05, 0.1) is 5.69 Å². The van der Waals surface area contributed by atoms with Gasteiger partial charge >= 0.3 is 5.97 Å². The largest absolute Gasteiger partial charge is 0.475 e. The van der Waals surface area contributed by atoms with Crippen molar-refractivity contribution in [3.05, 3.63) is 29.8 Å². The highest BCUT2D eigenvalue weighted by Crippen LogP contribution is 2.17. The first-order chi connectivity index (χ1) is 8.08. The predicted octanol–water partition coefficient (Wildman–Crippen LogP) is 0.195. The van der Waals surface area contributed by atoms with Crippen LogP contribution in [-0.4, -0.2) is 29.3 Å². The van der Waals surface area contributed by atoms with Crippen molar-refractivity contribution < 1.29 is 19.5 Å². The van der Waals surface area contributed by atoms with Gasteiger partial charge < -0.3 is 5.11 Å². The Morgan fingerprint density at radius 1 is 1.35 bits per heavy atom. The van der Waals surface area contributed by atoms with E-state index < -0.39 is 11.8 Å². The zero-order chi connectivity index (χ0) is 12.4. The Morgan fingerprint density at radius 2 is 2.12 bits per heavy atom. The molecule has 6 nitrogen and oxygen atoms in total. The molecule has 2 rings (SSSR count). The number of carboxylic acids is 1. The van der Waals surface area contributed by atoms with E-state index in [1.165, 1.54) is 12.1 Å². The van der Waals surface area contributed by atoms with Crippen LogP contribution in [0.25, 0.3) is 0 Å². The molecule has 1 saturated heterocycles. The van der Waals surface area contributed by atoms with Crippen LogP contribution in [0.1, 0.15) is 16.8 Å². The molecule has 0 saturated carbocycles. The summed E-state index contributed by atoms with van der Waals surface area (Å²) in [5.74, 6) is -2.55. The molecule has 0 aromatic heterocycles. The maximum Gasteiger partial charge on any atom is 0.377 e. The molecule has 0 atom stereocenters. The fourth-order valence-electron chi connectivity index (χ4n) is 1.61. The number of hydrazine groups is 1. The summed E-state index contributed by atoms with van der Waals surface area (Å²) in [7, 11) is 0. The number of benzene rings is 1. The van der Waals surface area contributed by atoms with Crippen molar-refractivity contribution in [1.29, 1.82) is 0 Å². The predicted molar refractivity (Wildman–Crippen MR) is 58.5 cm³/mol. The first-order valence-corrected chi connectivity index (χ1v) is 5.02. The van der Waals surface area contributed by atoms with Crippen molar-refractivity contribution in [1.82, 2.24) is 5.43 Å². The number of Topliss-reactive ketones (excluding diaryl/α,β-unsaturated/α-hetero) is 1. The summed E-state index contributed by atoms with van der Waals surface area (Å²) >= 11 is 0. The van der Waals surface area contributed by atoms with Gasteiger partial charge in [-0.1, -0.05) is 12.1 Å². The Balaban J connectivity index is 2.25. The SMILES string of the molecule is O=C1CCN(c2cccc(C(=O)C(=O)O)c2)N1. The van der Waals surface area contributed by atoms with Gasteiger partial charge in [-0.2, -0.15) is 0 Å². The van der Waals surface area contributed by atoms with E-state index in [0.717, 1.165) is 0 Å². The van der Waals surface area contributed by atoms with Crippen molar-refractivity contribution in [3.63, 3.8) is 0 Å². The molecule has 0 aliphatic carbocycles. The van der Waals surface area contributed by atoms with Crippen molar-refractivity contribution in [2.75, 3.05) is 11.6 Å². The van der Waals surface area contributed by atoms with Crippen LogP contribution >= 0.6 is 0 Å². The van der Waals surface area contributed by atoms with Gasteiger partial charge in [0.15, 0.2) is 0 Å². The maximum atomic E-state index is 11.3. The van der Waals surface area contributed by atoms with Crippen LogP contribution in [0.4, 0.5) is 5.69 Å². The molecule has 6 heteroatoms. The van der Waals surface area contributed by atoms with E-state index in [9.17, 15) is 14.4 Å². The average molecular weight is 234 g/mol. The van der Waals surface area contributed by atoms with E-state index in [0.29, 0.717) is 18.7 Å². The lowest BCUT2D eigenvalue weighted by Crippen LogP contribution is -2.33. The summed E-state index contributed by atoms with van der Waals surface area (Å²) in [4.78, 5) is 32.9. The number of carboxylic acid groups (broad SMARTS) is 1. The van der Waals surface area contributed by atoms with Gasteiger partial charge in [-0.3, -0.25) is 20.0 Å². The number of ketones is 1. The molecular weight excluding hydrogens is 224 g/mol. The van der Waals surface area contributed by atoms with E-state index in [1.54, 1.807) is 17.1 Å². The van der Waals surface area contributed by atoms with Crippen LogP contribution in [0.15, 0.2) is 24.3 Å². The van der Waals surface area contributed by atoms with Gasteiger partial charge in [-0.05, 0) is 12.1 Å². The van der Waals surface area contributed by atoms with E-state index >= 15 is 0 Å². The Labute approximate surface area is 96.8 Å². The lowest BCUT2D eigenvalue weighted by atomic mass is 10.1. The monoisotopic (exact) mass is 234 g/mol. The number of carbonyl (C=O) groups excluding carboxylic acids is 2. The fraction of sp³-hybridized carbons (Fsp3) is 0.182. The second-order valence-electron chi connectivity index (χ2n) is 3.62. The molecule has 0 bridgehead atoms. The van der Waals surface area contributed by atoms with Crippen LogP contribution in [-0.2, 0) is 9.59 Å². The number of hydrogen-bond acceptors (Lipinski definition) is 4. The minimum Gasteiger partial charge on any atom is -0.475 e.